The minimum atomic E-state index is -4.57. The van der Waals surface area contributed by atoms with Crippen LogP contribution in [0.15, 0.2) is 48.5 Å². The van der Waals surface area contributed by atoms with Gasteiger partial charge in [0, 0.05) is 5.56 Å². The van der Waals surface area contributed by atoms with Gasteiger partial charge in [0.1, 0.15) is 5.54 Å². The summed E-state index contributed by atoms with van der Waals surface area (Å²) in [5, 5.41) is 13.8. The SMILES string of the molecule is O=C(Nc1cc(C(F)(F)F)ccc1-c1ccccc1)NC1(C(=O)O)CC1. The van der Waals surface area contributed by atoms with Crippen molar-refractivity contribution in [2.75, 3.05) is 5.32 Å². The van der Waals surface area contributed by atoms with E-state index >= 15 is 0 Å². The van der Waals surface area contributed by atoms with Gasteiger partial charge in [-0.15, -0.1) is 0 Å². The average molecular weight is 364 g/mol. The summed E-state index contributed by atoms with van der Waals surface area (Å²) in [4.78, 5) is 23.3. The molecule has 8 heteroatoms. The number of halogens is 3. The first-order valence-electron chi connectivity index (χ1n) is 7.80. The molecule has 1 fully saturated rings. The van der Waals surface area contributed by atoms with Gasteiger partial charge < -0.3 is 15.7 Å². The van der Waals surface area contributed by atoms with Gasteiger partial charge in [-0.3, -0.25) is 0 Å². The summed E-state index contributed by atoms with van der Waals surface area (Å²) in [7, 11) is 0. The Balaban J connectivity index is 1.92. The molecule has 0 atom stereocenters. The number of hydrogen-bond donors (Lipinski definition) is 3. The Hall–Kier alpha value is -3.03. The second-order valence-corrected chi connectivity index (χ2v) is 6.09. The normalized spacial score (nSPS) is 15.2. The minimum Gasteiger partial charge on any atom is -0.480 e. The molecule has 2 aromatic rings. The maximum atomic E-state index is 13.0. The van der Waals surface area contributed by atoms with Gasteiger partial charge in [-0.1, -0.05) is 36.4 Å². The zero-order valence-corrected chi connectivity index (χ0v) is 13.4. The van der Waals surface area contributed by atoms with Gasteiger partial charge in [0.15, 0.2) is 0 Å². The molecule has 5 nitrogen and oxygen atoms in total. The number of alkyl halides is 3. The van der Waals surface area contributed by atoms with Crippen molar-refractivity contribution in [3.63, 3.8) is 0 Å². The number of carbonyl (C=O) groups excluding carboxylic acids is 1. The van der Waals surface area contributed by atoms with E-state index in [1.807, 2.05) is 0 Å². The maximum absolute atomic E-state index is 13.0. The van der Waals surface area contributed by atoms with Gasteiger partial charge in [0.05, 0.1) is 11.3 Å². The maximum Gasteiger partial charge on any atom is 0.416 e. The molecule has 0 spiro atoms. The summed E-state index contributed by atoms with van der Waals surface area (Å²) in [5.74, 6) is -1.17. The number of carbonyl (C=O) groups is 2. The molecular formula is C18H15F3N2O3. The Morgan fingerprint density at radius 1 is 1.04 bits per heavy atom. The van der Waals surface area contributed by atoms with E-state index < -0.39 is 29.3 Å². The topological polar surface area (TPSA) is 78.4 Å². The van der Waals surface area contributed by atoms with Crippen LogP contribution >= 0.6 is 0 Å². The zero-order chi connectivity index (χ0) is 18.9. The van der Waals surface area contributed by atoms with Gasteiger partial charge >= 0.3 is 18.2 Å². The molecule has 26 heavy (non-hydrogen) atoms. The van der Waals surface area contributed by atoms with Crippen molar-refractivity contribution >= 4 is 17.7 Å². The van der Waals surface area contributed by atoms with Crippen LogP contribution in [0.2, 0.25) is 0 Å². The summed E-state index contributed by atoms with van der Waals surface area (Å²) in [6.45, 7) is 0. The largest absolute Gasteiger partial charge is 0.480 e. The summed E-state index contributed by atoms with van der Waals surface area (Å²) in [6.07, 6.45) is -4.01. The van der Waals surface area contributed by atoms with E-state index in [1.54, 1.807) is 30.3 Å². The van der Waals surface area contributed by atoms with Gasteiger partial charge in [-0.2, -0.15) is 13.2 Å². The third-order valence-electron chi connectivity index (χ3n) is 4.19. The predicted octanol–water partition coefficient (Wildman–Crippen LogP) is 4.11. The van der Waals surface area contributed by atoms with Crippen LogP contribution in [0, 0.1) is 0 Å². The van der Waals surface area contributed by atoms with E-state index in [0.717, 1.165) is 12.1 Å². The quantitative estimate of drug-likeness (QED) is 0.764. The molecule has 2 amide bonds. The standard InChI is InChI=1S/C18H15F3N2O3/c19-18(20,21)12-6-7-13(11-4-2-1-3-5-11)14(10-12)22-16(26)23-17(8-9-17)15(24)25/h1-7,10H,8-9H2,(H,24,25)(H2,22,23,26). The van der Waals surface area contributed by atoms with Gasteiger partial charge in [0.2, 0.25) is 0 Å². The molecule has 0 heterocycles. The first-order chi connectivity index (χ1) is 12.2. The number of benzene rings is 2. The fraction of sp³-hybridized carbons (Fsp3) is 0.222. The number of aliphatic carboxylic acids is 1. The van der Waals surface area contributed by atoms with Crippen molar-refractivity contribution in [1.29, 1.82) is 0 Å². The molecule has 1 saturated carbocycles. The fourth-order valence-electron chi connectivity index (χ4n) is 2.58. The number of nitrogens with one attached hydrogen (secondary N) is 2. The Labute approximate surface area is 146 Å². The van der Waals surface area contributed by atoms with Crippen LogP contribution < -0.4 is 10.6 Å². The Morgan fingerprint density at radius 2 is 1.69 bits per heavy atom. The zero-order valence-electron chi connectivity index (χ0n) is 13.4. The molecule has 2 aromatic carbocycles. The molecule has 136 valence electrons. The van der Waals surface area contributed by atoms with Gasteiger partial charge in [-0.25, -0.2) is 9.59 Å². The average Bonchev–Trinajstić information content (AvgIpc) is 3.35. The molecule has 0 aromatic heterocycles. The highest BCUT2D eigenvalue weighted by molar-refractivity contribution is 5.98. The third kappa shape index (κ3) is 3.63. The Morgan fingerprint density at radius 3 is 2.23 bits per heavy atom. The number of anilines is 1. The Bertz CT molecular complexity index is 847. The van der Waals surface area contributed by atoms with Crippen LogP contribution in [-0.2, 0) is 11.0 Å². The first-order valence-corrected chi connectivity index (χ1v) is 7.80. The molecule has 0 aliphatic heterocycles. The fourth-order valence-corrected chi connectivity index (χ4v) is 2.58. The number of carboxylic acids is 1. The van der Waals surface area contributed by atoms with E-state index in [-0.39, 0.29) is 18.5 Å². The summed E-state index contributed by atoms with van der Waals surface area (Å²) >= 11 is 0. The lowest BCUT2D eigenvalue weighted by atomic mass is 10.0. The summed E-state index contributed by atoms with van der Waals surface area (Å²) in [6, 6.07) is 10.8. The molecular weight excluding hydrogens is 349 g/mol. The summed E-state index contributed by atoms with van der Waals surface area (Å²) < 4.78 is 39.1. The van der Waals surface area contributed by atoms with Crippen LogP contribution in [0.1, 0.15) is 18.4 Å². The number of hydrogen-bond acceptors (Lipinski definition) is 2. The molecule has 0 bridgehead atoms. The number of rotatable bonds is 4. The molecule has 1 aliphatic rings. The molecule has 0 radical (unpaired) electrons. The van der Waals surface area contributed by atoms with Crippen LogP contribution in [-0.4, -0.2) is 22.6 Å². The minimum absolute atomic E-state index is 0.0512. The lowest BCUT2D eigenvalue weighted by Crippen LogP contribution is -2.45. The monoisotopic (exact) mass is 364 g/mol. The lowest BCUT2D eigenvalue weighted by molar-refractivity contribution is -0.140. The summed E-state index contributed by atoms with van der Waals surface area (Å²) in [5.41, 5.74) is -1.28. The van der Waals surface area contributed by atoms with E-state index in [9.17, 15) is 22.8 Å². The van der Waals surface area contributed by atoms with Crippen LogP contribution in [0.3, 0.4) is 0 Å². The van der Waals surface area contributed by atoms with Crippen molar-refractivity contribution in [3.8, 4) is 11.1 Å². The van der Waals surface area contributed by atoms with Gasteiger partial charge in [0.25, 0.3) is 0 Å². The van der Waals surface area contributed by atoms with E-state index in [2.05, 4.69) is 10.6 Å². The van der Waals surface area contributed by atoms with Crippen molar-refractivity contribution in [3.05, 3.63) is 54.1 Å². The smallest absolute Gasteiger partial charge is 0.416 e. The predicted molar refractivity (Wildman–Crippen MR) is 88.6 cm³/mol. The van der Waals surface area contributed by atoms with Crippen LogP contribution in [0.25, 0.3) is 11.1 Å². The number of amides is 2. The van der Waals surface area contributed by atoms with Crippen molar-refractivity contribution in [2.24, 2.45) is 0 Å². The van der Waals surface area contributed by atoms with Crippen molar-refractivity contribution in [2.45, 2.75) is 24.6 Å². The second kappa shape index (κ2) is 6.36. The second-order valence-electron chi connectivity index (χ2n) is 6.09. The molecule has 1 aliphatic carbocycles. The number of urea groups is 1. The van der Waals surface area contributed by atoms with Crippen molar-refractivity contribution < 1.29 is 27.9 Å². The first kappa shape index (κ1) is 17.8. The third-order valence-corrected chi connectivity index (χ3v) is 4.19. The Kier molecular flexibility index (Phi) is 4.35. The number of carboxylic acid groups (broad SMARTS) is 1. The van der Waals surface area contributed by atoms with Crippen LogP contribution in [0.5, 0.6) is 0 Å². The van der Waals surface area contributed by atoms with E-state index in [1.165, 1.54) is 6.07 Å². The van der Waals surface area contributed by atoms with Crippen molar-refractivity contribution in [1.82, 2.24) is 5.32 Å². The van der Waals surface area contributed by atoms with E-state index in [4.69, 9.17) is 5.11 Å². The molecule has 0 unspecified atom stereocenters. The van der Waals surface area contributed by atoms with E-state index in [0.29, 0.717) is 11.1 Å². The molecule has 3 N–H and O–H groups in total. The lowest BCUT2D eigenvalue weighted by Gasteiger charge is -2.17. The highest BCUT2D eigenvalue weighted by atomic mass is 19.4. The van der Waals surface area contributed by atoms with Crippen LogP contribution in [0.4, 0.5) is 23.7 Å². The molecule has 0 saturated heterocycles. The van der Waals surface area contributed by atoms with Gasteiger partial charge in [-0.05, 0) is 30.5 Å². The molecule has 3 rings (SSSR count). The highest BCUT2D eigenvalue weighted by Crippen LogP contribution is 2.37. The highest BCUT2D eigenvalue weighted by Gasteiger charge is 2.51.